The molecule has 2 rings (SSSR count). The number of nitrogens with zero attached hydrogens (tertiary/aromatic N) is 3. The van der Waals surface area contributed by atoms with Gasteiger partial charge >= 0.3 is 0 Å². The molecule has 1 unspecified atom stereocenters. The van der Waals surface area contributed by atoms with Crippen LogP contribution in [0.3, 0.4) is 0 Å². The molecular weight excluding hydrogens is 250 g/mol. The second-order valence-corrected chi connectivity index (χ2v) is 5.35. The van der Waals surface area contributed by atoms with E-state index in [1.165, 1.54) is 17.6 Å². The maximum absolute atomic E-state index is 10.9. The molecule has 92 valence electrons. The number of fused-ring (bicyclic) bond motifs is 1. The van der Waals surface area contributed by atoms with Crippen LogP contribution in [-0.2, 0) is 5.41 Å². The Morgan fingerprint density at radius 3 is 2.94 bits per heavy atom. The summed E-state index contributed by atoms with van der Waals surface area (Å²) >= 11 is 1.26. The molecule has 1 atom stereocenters. The third kappa shape index (κ3) is 2.05. The van der Waals surface area contributed by atoms with Crippen LogP contribution < -0.4 is 9.75 Å². The summed E-state index contributed by atoms with van der Waals surface area (Å²) in [6.07, 6.45) is 6.55. The minimum atomic E-state index is -0.868. The van der Waals surface area contributed by atoms with Crippen LogP contribution in [0.2, 0.25) is 0 Å². The lowest BCUT2D eigenvalue weighted by molar-refractivity contribution is -0.492. The van der Waals surface area contributed by atoms with Crippen molar-refractivity contribution in [1.82, 2.24) is 4.37 Å². The molecule has 0 spiro atoms. The second-order valence-electron chi connectivity index (χ2n) is 4.54. The van der Waals surface area contributed by atoms with Crippen molar-refractivity contribution >= 4 is 23.7 Å². The first-order valence-electron chi connectivity index (χ1n) is 5.37. The molecule has 6 heteroatoms. The molecule has 0 fully saturated rings. The highest BCUT2D eigenvalue weighted by Crippen LogP contribution is 2.17. The Hall–Kier alpha value is -2.00. The van der Waals surface area contributed by atoms with Gasteiger partial charge in [0.1, 0.15) is 0 Å². The van der Waals surface area contributed by atoms with Gasteiger partial charge in [0.2, 0.25) is 0 Å². The first-order chi connectivity index (χ1) is 8.45. The Balaban J connectivity index is 2.71. The molecule has 0 N–H and O–H groups in total. The van der Waals surface area contributed by atoms with Crippen LogP contribution in [0.4, 0.5) is 0 Å². The maximum Gasteiger partial charge on any atom is 0.250 e. The first kappa shape index (κ1) is 12.5. The Morgan fingerprint density at radius 2 is 2.33 bits per heavy atom. The van der Waals surface area contributed by atoms with Crippen molar-refractivity contribution in [3.8, 4) is 6.07 Å². The van der Waals surface area contributed by atoms with Crippen LogP contribution in [0.5, 0.6) is 0 Å². The summed E-state index contributed by atoms with van der Waals surface area (Å²) in [6, 6.07) is 1.31. The highest BCUT2D eigenvalue weighted by Gasteiger charge is 2.26. The van der Waals surface area contributed by atoms with Crippen LogP contribution in [0, 0.1) is 21.4 Å². The summed E-state index contributed by atoms with van der Waals surface area (Å²) in [5.41, 5.74) is -0.142. The van der Waals surface area contributed by atoms with Crippen molar-refractivity contribution in [2.45, 2.75) is 25.3 Å². The molecule has 1 aliphatic rings. The molecule has 5 nitrogen and oxygen atoms in total. The zero-order chi connectivity index (χ0) is 13.3. The number of nitro groups is 1. The van der Waals surface area contributed by atoms with Gasteiger partial charge in [-0.25, -0.2) is 0 Å². The van der Waals surface area contributed by atoms with Crippen LogP contribution in [0.25, 0.3) is 12.2 Å². The minimum absolute atomic E-state index is 0.361. The van der Waals surface area contributed by atoms with Crippen LogP contribution in [0.15, 0.2) is 12.2 Å². The lowest BCUT2D eigenvalue weighted by atomic mass is 9.90. The summed E-state index contributed by atoms with van der Waals surface area (Å²) in [4.78, 5) is 10.5. The van der Waals surface area contributed by atoms with Crippen LogP contribution >= 0.6 is 11.5 Å². The van der Waals surface area contributed by atoms with E-state index in [0.717, 1.165) is 4.53 Å². The normalized spacial score (nSPS) is 17.9. The summed E-state index contributed by atoms with van der Waals surface area (Å²) in [7, 11) is 0. The Morgan fingerprint density at radius 1 is 1.61 bits per heavy atom. The Bertz CT molecular complexity index is 679. The summed E-state index contributed by atoms with van der Waals surface area (Å²) in [5.74, 6) is 0. The van der Waals surface area contributed by atoms with E-state index in [-0.39, 0.29) is 4.92 Å². The zero-order valence-corrected chi connectivity index (χ0v) is 10.8. The van der Waals surface area contributed by atoms with Gasteiger partial charge in [0.05, 0.1) is 21.7 Å². The standard InChI is InChI=1S/C12H11N3O2S/c1-12(2,7-13)11-9-6-8(15(16)17)4-3-5-10(9)18-14-11/h3-6,8H,1-2H3. The van der Waals surface area contributed by atoms with Crippen molar-refractivity contribution in [3.05, 3.63) is 37.7 Å². The van der Waals surface area contributed by atoms with Gasteiger partial charge in [0, 0.05) is 16.2 Å². The molecule has 1 heterocycles. The second kappa shape index (κ2) is 4.35. The molecular formula is C12H11N3O2S. The third-order valence-corrected chi connectivity index (χ3v) is 3.59. The summed E-state index contributed by atoms with van der Waals surface area (Å²) < 4.78 is 5.13. The average Bonchev–Trinajstić information content (AvgIpc) is 2.60. The monoisotopic (exact) mass is 261 g/mol. The van der Waals surface area contributed by atoms with E-state index in [9.17, 15) is 10.1 Å². The smallest absolute Gasteiger partial charge is 0.250 e. The number of allylic oxidation sites excluding steroid dienone is 1. The quantitative estimate of drug-likeness (QED) is 0.580. The van der Waals surface area contributed by atoms with Gasteiger partial charge in [-0.2, -0.15) is 9.64 Å². The summed E-state index contributed by atoms with van der Waals surface area (Å²) in [5, 5.41) is 20.8. The molecule has 0 aliphatic heterocycles. The topological polar surface area (TPSA) is 79.8 Å². The Labute approximate surface area is 108 Å². The van der Waals surface area contributed by atoms with Crippen molar-refractivity contribution in [1.29, 1.82) is 5.26 Å². The molecule has 0 radical (unpaired) electrons. The van der Waals surface area contributed by atoms with Gasteiger partial charge in [0.25, 0.3) is 6.04 Å². The fraction of sp³-hybridized carbons (Fsp3) is 0.333. The van der Waals surface area contributed by atoms with Gasteiger partial charge in [-0.3, -0.25) is 10.1 Å². The molecule has 1 aromatic rings. The fourth-order valence-electron chi connectivity index (χ4n) is 1.71. The van der Waals surface area contributed by atoms with E-state index in [1.807, 2.05) is 0 Å². The third-order valence-electron chi connectivity index (χ3n) is 2.76. The molecule has 0 amide bonds. The zero-order valence-electron chi connectivity index (χ0n) is 9.95. The van der Waals surface area contributed by atoms with Gasteiger partial charge in [-0.15, -0.1) is 0 Å². The number of hydrogen-bond acceptors (Lipinski definition) is 5. The van der Waals surface area contributed by atoms with Crippen molar-refractivity contribution in [2.24, 2.45) is 0 Å². The van der Waals surface area contributed by atoms with E-state index in [0.29, 0.717) is 10.9 Å². The number of rotatable bonds is 2. The lowest BCUT2D eigenvalue weighted by Crippen LogP contribution is -2.32. The molecule has 1 aromatic heterocycles. The maximum atomic E-state index is 10.9. The summed E-state index contributed by atoms with van der Waals surface area (Å²) in [6.45, 7) is 3.52. The van der Waals surface area contributed by atoms with Crippen LogP contribution in [-0.4, -0.2) is 15.3 Å². The fourth-order valence-corrected chi connectivity index (χ4v) is 2.63. The number of hydrogen-bond donors (Lipinski definition) is 0. The van der Waals surface area contributed by atoms with E-state index in [2.05, 4.69) is 10.4 Å². The van der Waals surface area contributed by atoms with Crippen LogP contribution in [0.1, 0.15) is 19.5 Å². The Kier molecular flexibility index (Phi) is 3.01. The van der Waals surface area contributed by atoms with Gasteiger partial charge in [0.15, 0.2) is 0 Å². The van der Waals surface area contributed by atoms with E-state index >= 15 is 0 Å². The lowest BCUT2D eigenvalue weighted by Gasteiger charge is -2.11. The minimum Gasteiger partial charge on any atom is -0.264 e. The highest BCUT2D eigenvalue weighted by atomic mass is 32.1. The first-order valence-corrected chi connectivity index (χ1v) is 6.14. The highest BCUT2D eigenvalue weighted by molar-refractivity contribution is 7.03. The molecule has 1 aliphatic carbocycles. The van der Waals surface area contributed by atoms with Crippen molar-refractivity contribution < 1.29 is 4.92 Å². The van der Waals surface area contributed by atoms with Crippen molar-refractivity contribution in [3.63, 3.8) is 0 Å². The van der Waals surface area contributed by atoms with Gasteiger partial charge < -0.3 is 0 Å². The predicted molar refractivity (Wildman–Crippen MR) is 68.9 cm³/mol. The number of nitriles is 1. The van der Waals surface area contributed by atoms with Gasteiger partial charge in [-0.05, 0) is 37.5 Å². The average molecular weight is 261 g/mol. The molecule has 0 saturated heterocycles. The molecule has 0 bridgehead atoms. The van der Waals surface area contributed by atoms with E-state index in [1.54, 1.807) is 32.1 Å². The van der Waals surface area contributed by atoms with Gasteiger partial charge in [-0.1, -0.05) is 6.08 Å². The van der Waals surface area contributed by atoms with E-state index in [4.69, 9.17) is 5.26 Å². The van der Waals surface area contributed by atoms with E-state index < -0.39 is 11.5 Å². The number of aromatic nitrogens is 1. The predicted octanol–water partition coefficient (Wildman–Crippen LogP) is 0.720. The molecule has 18 heavy (non-hydrogen) atoms. The SMILES string of the molecule is CC(C)(C#N)c1nsc2c1=CC([N+](=O)[O-])C=CC=2. The van der Waals surface area contributed by atoms with Crippen molar-refractivity contribution in [2.75, 3.05) is 0 Å². The largest absolute Gasteiger partial charge is 0.264 e. The molecule has 0 aromatic carbocycles. The molecule has 0 saturated carbocycles.